The number of hydrogen-bond acceptors (Lipinski definition) is 3. The van der Waals surface area contributed by atoms with Gasteiger partial charge in [-0.05, 0) is 52.5 Å². The van der Waals surface area contributed by atoms with Crippen LogP contribution in [0.15, 0.2) is 16.6 Å². The predicted octanol–water partition coefficient (Wildman–Crippen LogP) is 2.25. The van der Waals surface area contributed by atoms with Crippen molar-refractivity contribution in [1.82, 2.24) is 5.32 Å². The van der Waals surface area contributed by atoms with E-state index in [2.05, 4.69) is 33.4 Å². The van der Waals surface area contributed by atoms with Crippen LogP contribution in [0.1, 0.15) is 17.9 Å². The Hall–Kier alpha value is -0.740. The van der Waals surface area contributed by atoms with Crippen molar-refractivity contribution < 1.29 is 9.47 Å². The highest BCUT2D eigenvalue weighted by Crippen LogP contribution is 2.42. The number of rotatable bonds is 1. The van der Waals surface area contributed by atoms with E-state index in [4.69, 9.17) is 9.47 Å². The first kappa shape index (κ1) is 9.48. The van der Waals surface area contributed by atoms with Gasteiger partial charge in [-0.3, -0.25) is 0 Å². The van der Waals surface area contributed by atoms with Crippen LogP contribution in [0.2, 0.25) is 0 Å². The lowest BCUT2D eigenvalue weighted by Gasteiger charge is -2.10. The van der Waals surface area contributed by atoms with Crippen molar-refractivity contribution in [1.29, 1.82) is 0 Å². The van der Waals surface area contributed by atoms with Crippen LogP contribution in [0.5, 0.6) is 11.5 Å². The van der Waals surface area contributed by atoms with Crippen LogP contribution in [0.25, 0.3) is 0 Å². The third-order valence-corrected chi connectivity index (χ3v) is 3.57. The second-order valence-corrected chi connectivity index (χ2v) is 4.78. The highest BCUT2D eigenvalue weighted by Gasteiger charge is 2.23. The van der Waals surface area contributed by atoms with Gasteiger partial charge < -0.3 is 14.8 Å². The van der Waals surface area contributed by atoms with Gasteiger partial charge in [0.1, 0.15) is 0 Å². The summed E-state index contributed by atoms with van der Waals surface area (Å²) in [5, 5.41) is 3.37. The number of nitrogens with one attached hydrogen (secondary N) is 1. The van der Waals surface area contributed by atoms with Crippen molar-refractivity contribution in [3.63, 3.8) is 0 Å². The minimum Gasteiger partial charge on any atom is -0.454 e. The molecule has 0 saturated carbocycles. The molecule has 3 rings (SSSR count). The second kappa shape index (κ2) is 3.68. The summed E-state index contributed by atoms with van der Waals surface area (Å²) in [6.45, 7) is 2.50. The van der Waals surface area contributed by atoms with Crippen LogP contribution >= 0.6 is 15.9 Å². The minimum atomic E-state index is 0.334. The Labute approximate surface area is 96.9 Å². The van der Waals surface area contributed by atoms with E-state index in [0.29, 0.717) is 12.7 Å². The van der Waals surface area contributed by atoms with Crippen molar-refractivity contribution in [2.24, 2.45) is 0 Å². The first-order valence-electron chi connectivity index (χ1n) is 5.14. The zero-order valence-corrected chi connectivity index (χ0v) is 9.84. The van der Waals surface area contributed by atoms with Gasteiger partial charge in [0.25, 0.3) is 0 Å². The van der Waals surface area contributed by atoms with Gasteiger partial charge >= 0.3 is 0 Å². The molecular formula is C11H12BrNO2. The van der Waals surface area contributed by atoms with E-state index in [1.165, 1.54) is 12.0 Å². The topological polar surface area (TPSA) is 30.5 Å². The van der Waals surface area contributed by atoms with Gasteiger partial charge in [-0.2, -0.15) is 0 Å². The molecule has 1 fully saturated rings. The molecule has 2 aliphatic rings. The van der Waals surface area contributed by atoms with Gasteiger partial charge in [-0.1, -0.05) is 0 Å². The molecule has 4 heteroatoms. The monoisotopic (exact) mass is 269 g/mol. The lowest BCUT2D eigenvalue weighted by molar-refractivity contribution is 0.173. The number of hydrogen-bond donors (Lipinski definition) is 1. The SMILES string of the molecule is Brc1cc(C2CCNC2)cc2c1OCO2. The molecule has 0 aliphatic carbocycles. The Balaban J connectivity index is 1.99. The van der Waals surface area contributed by atoms with E-state index >= 15 is 0 Å². The average molecular weight is 270 g/mol. The van der Waals surface area contributed by atoms with Gasteiger partial charge in [0.15, 0.2) is 11.5 Å². The summed E-state index contributed by atoms with van der Waals surface area (Å²) >= 11 is 3.52. The summed E-state index contributed by atoms with van der Waals surface area (Å²) in [7, 11) is 0. The Bertz CT molecular complexity index is 388. The van der Waals surface area contributed by atoms with Crippen LogP contribution < -0.4 is 14.8 Å². The smallest absolute Gasteiger partial charge is 0.231 e. The maximum absolute atomic E-state index is 5.41. The number of halogens is 1. The highest BCUT2D eigenvalue weighted by molar-refractivity contribution is 9.10. The summed E-state index contributed by atoms with van der Waals surface area (Å²) in [4.78, 5) is 0. The molecule has 80 valence electrons. The second-order valence-electron chi connectivity index (χ2n) is 3.93. The lowest BCUT2D eigenvalue weighted by atomic mass is 9.98. The fourth-order valence-corrected chi connectivity index (χ4v) is 2.74. The van der Waals surface area contributed by atoms with E-state index in [9.17, 15) is 0 Å². The van der Waals surface area contributed by atoms with E-state index in [1.54, 1.807) is 0 Å². The summed E-state index contributed by atoms with van der Waals surface area (Å²) < 4.78 is 11.8. The van der Waals surface area contributed by atoms with Crippen LogP contribution in [0, 0.1) is 0 Å². The highest BCUT2D eigenvalue weighted by atomic mass is 79.9. The van der Waals surface area contributed by atoms with Gasteiger partial charge in [-0.25, -0.2) is 0 Å². The van der Waals surface area contributed by atoms with E-state index in [1.807, 2.05) is 0 Å². The van der Waals surface area contributed by atoms with Crippen molar-refractivity contribution >= 4 is 15.9 Å². The average Bonchev–Trinajstić information content (AvgIpc) is 2.88. The molecule has 1 aromatic carbocycles. The zero-order valence-electron chi connectivity index (χ0n) is 8.25. The molecule has 1 N–H and O–H groups in total. The van der Waals surface area contributed by atoms with Crippen LogP contribution in [0.4, 0.5) is 0 Å². The van der Waals surface area contributed by atoms with Crippen LogP contribution in [-0.4, -0.2) is 19.9 Å². The summed E-state index contributed by atoms with van der Waals surface area (Å²) in [6.07, 6.45) is 1.20. The van der Waals surface area contributed by atoms with Gasteiger partial charge in [0, 0.05) is 6.54 Å². The molecule has 0 spiro atoms. The molecule has 0 amide bonds. The Morgan fingerprint density at radius 3 is 3.07 bits per heavy atom. The third-order valence-electron chi connectivity index (χ3n) is 2.98. The first-order valence-corrected chi connectivity index (χ1v) is 5.93. The van der Waals surface area contributed by atoms with Gasteiger partial charge in [-0.15, -0.1) is 0 Å². The zero-order chi connectivity index (χ0) is 10.3. The standard InChI is InChI=1S/C11H12BrNO2/c12-9-3-8(7-1-2-13-5-7)4-10-11(9)15-6-14-10/h3-4,7,13H,1-2,5-6H2. The maximum Gasteiger partial charge on any atom is 0.231 e. The van der Waals surface area contributed by atoms with E-state index in [0.717, 1.165) is 29.1 Å². The largest absolute Gasteiger partial charge is 0.454 e. The quantitative estimate of drug-likeness (QED) is 0.849. The van der Waals surface area contributed by atoms with Gasteiger partial charge in [0.05, 0.1) is 4.47 Å². The maximum atomic E-state index is 5.41. The van der Waals surface area contributed by atoms with Crippen molar-refractivity contribution in [3.8, 4) is 11.5 Å². The predicted molar refractivity (Wildman–Crippen MR) is 60.5 cm³/mol. The number of ether oxygens (including phenoxy) is 2. The van der Waals surface area contributed by atoms with E-state index < -0.39 is 0 Å². The molecule has 2 heterocycles. The molecule has 1 aromatic rings. The number of benzene rings is 1. The lowest BCUT2D eigenvalue weighted by Crippen LogP contribution is -2.07. The Kier molecular flexibility index (Phi) is 2.33. The summed E-state index contributed by atoms with van der Waals surface area (Å²) in [5.74, 6) is 2.31. The van der Waals surface area contributed by atoms with Crippen LogP contribution in [0.3, 0.4) is 0 Å². The molecular weight excluding hydrogens is 258 g/mol. The van der Waals surface area contributed by atoms with Crippen molar-refractivity contribution in [2.45, 2.75) is 12.3 Å². The Morgan fingerprint density at radius 1 is 1.33 bits per heavy atom. The number of fused-ring (bicyclic) bond motifs is 1. The molecule has 3 nitrogen and oxygen atoms in total. The molecule has 1 unspecified atom stereocenters. The van der Waals surface area contributed by atoms with Crippen LogP contribution in [-0.2, 0) is 0 Å². The molecule has 15 heavy (non-hydrogen) atoms. The summed E-state index contributed by atoms with van der Waals surface area (Å²) in [5.41, 5.74) is 1.33. The minimum absolute atomic E-state index is 0.334. The molecule has 2 aliphatic heterocycles. The molecule has 0 radical (unpaired) electrons. The third kappa shape index (κ3) is 1.62. The fourth-order valence-electron chi connectivity index (χ4n) is 2.16. The molecule has 1 saturated heterocycles. The van der Waals surface area contributed by atoms with Crippen molar-refractivity contribution in [3.05, 3.63) is 22.2 Å². The van der Waals surface area contributed by atoms with Crippen molar-refractivity contribution in [2.75, 3.05) is 19.9 Å². The normalized spacial score (nSPS) is 23.4. The molecule has 0 aromatic heterocycles. The molecule has 0 bridgehead atoms. The Morgan fingerprint density at radius 2 is 2.27 bits per heavy atom. The van der Waals surface area contributed by atoms with E-state index in [-0.39, 0.29) is 0 Å². The fraction of sp³-hybridized carbons (Fsp3) is 0.455. The first-order chi connectivity index (χ1) is 7.34. The summed E-state index contributed by atoms with van der Waals surface area (Å²) in [6, 6.07) is 4.25. The molecule has 1 atom stereocenters. The van der Waals surface area contributed by atoms with Gasteiger partial charge in [0.2, 0.25) is 6.79 Å².